The number of nitrogens with zero attached hydrogens (tertiary/aromatic N) is 2. The second kappa shape index (κ2) is 10.6. The van der Waals surface area contributed by atoms with Crippen molar-refractivity contribution < 1.29 is 14.7 Å². The first kappa shape index (κ1) is 23.1. The molecule has 2 N–H and O–H groups in total. The normalized spacial score (nSPS) is 10.7. The van der Waals surface area contributed by atoms with Gasteiger partial charge in [-0.1, -0.05) is 48.3 Å². The van der Waals surface area contributed by atoms with Gasteiger partial charge in [-0.3, -0.25) is 9.59 Å². The quantitative estimate of drug-likeness (QED) is 0.434. The van der Waals surface area contributed by atoms with Crippen LogP contribution in [0.4, 0.5) is 5.13 Å². The summed E-state index contributed by atoms with van der Waals surface area (Å²) >= 11 is 13.7. The van der Waals surface area contributed by atoms with E-state index in [1.165, 1.54) is 0 Å². The number of carboxylic acid groups (broad SMARTS) is 1. The number of rotatable bonds is 9. The standard InChI is InChI=1S/C22H21Cl2N3O3S/c1-2-9-27(12-14-3-5-15(6-4-14)21(30)25-11-20(28)29)22-26-19(13-31-22)16-7-8-17(23)18(24)10-16/h3-8,10,13H,2,9,11-12H2,1H3,(H,25,30)(H,28,29). The highest BCUT2D eigenvalue weighted by atomic mass is 35.5. The van der Waals surface area contributed by atoms with E-state index in [4.69, 9.17) is 33.3 Å². The lowest BCUT2D eigenvalue weighted by Crippen LogP contribution is -2.29. The molecule has 1 heterocycles. The van der Waals surface area contributed by atoms with Crippen molar-refractivity contribution in [3.63, 3.8) is 0 Å². The Labute approximate surface area is 194 Å². The second-order valence-electron chi connectivity index (χ2n) is 6.84. The first-order valence-corrected chi connectivity index (χ1v) is 11.3. The number of thiazole rings is 1. The van der Waals surface area contributed by atoms with Gasteiger partial charge in [0.15, 0.2) is 5.13 Å². The number of halogens is 2. The molecule has 0 saturated heterocycles. The molecule has 0 fully saturated rings. The van der Waals surface area contributed by atoms with Gasteiger partial charge in [0.2, 0.25) is 0 Å². The second-order valence-corrected chi connectivity index (χ2v) is 8.49. The average molecular weight is 478 g/mol. The van der Waals surface area contributed by atoms with Crippen LogP contribution in [0.2, 0.25) is 10.0 Å². The van der Waals surface area contributed by atoms with Crippen LogP contribution in [-0.4, -0.2) is 35.1 Å². The predicted molar refractivity (Wildman–Crippen MR) is 125 cm³/mol. The van der Waals surface area contributed by atoms with E-state index in [0.29, 0.717) is 22.2 Å². The van der Waals surface area contributed by atoms with Gasteiger partial charge in [-0.2, -0.15) is 0 Å². The molecular weight excluding hydrogens is 457 g/mol. The Hall–Kier alpha value is -2.61. The Bertz CT molecular complexity index is 1070. The number of amides is 1. The Balaban J connectivity index is 1.73. The molecule has 1 aromatic heterocycles. The van der Waals surface area contributed by atoms with Crippen LogP contribution >= 0.6 is 34.5 Å². The number of nitrogens with one attached hydrogen (secondary N) is 1. The van der Waals surface area contributed by atoms with Crippen LogP contribution in [0.5, 0.6) is 0 Å². The molecule has 0 aliphatic heterocycles. The minimum absolute atomic E-state index is 0.407. The van der Waals surface area contributed by atoms with E-state index in [1.807, 2.05) is 23.6 Å². The van der Waals surface area contributed by atoms with Crippen molar-refractivity contribution >= 4 is 51.5 Å². The van der Waals surface area contributed by atoms with Gasteiger partial charge in [-0.25, -0.2) is 4.98 Å². The number of aromatic nitrogens is 1. The fourth-order valence-corrected chi connectivity index (χ4v) is 4.11. The number of carbonyl (C=O) groups is 2. The molecular formula is C22H21Cl2N3O3S. The topological polar surface area (TPSA) is 82.5 Å². The van der Waals surface area contributed by atoms with E-state index in [9.17, 15) is 9.59 Å². The summed E-state index contributed by atoms with van der Waals surface area (Å²) < 4.78 is 0. The molecule has 0 radical (unpaired) electrons. The van der Waals surface area contributed by atoms with Gasteiger partial charge in [0.25, 0.3) is 5.91 Å². The number of carbonyl (C=O) groups excluding carboxylic acids is 1. The molecule has 6 nitrogen and oxygen atoms in total. The SMILES string of the molecule is CCCN(Cc1ccc(C(=O)NCC(=O)O)cc1)c1nc(-c2ccc(Cl)c(Cl)c2)cs1. The number of benzene rings is 2. The average Bonchev–Trinajstić information content (AvgIpc) is 3.24. The van der Waals surface area contributed by atoms with Gasteiger partial charge in [-0.15, -0.1) is 11.3 Å². The largest absolute Gasteiger partial charge is 0.480 e. The highest BCUT2D eigenvalue weighted by Crippen LogP contribution is 2.32. The Morgan fingerprint density at radius 1 is 1.13 bits per heavy atom. The van der Waals surface area contributed by atoms with Gasteiger partial charge >= 0.3 is 5.97 Å². The van der Waals surface area contributed by atoms with Crippen molar-refractivity contribution in [1.82, 2.24) is 10.3 Å². The number of hydrogen-bond donors (Lipinski definition) is 2. The van der Waals surface area contributed by atoms with Crippen molar-refractivity contribution in [3.8, 4) is 11.3 Å². The lowest BCUT2D eigenvalue weighted by molar-refractivity contribution is -0.135. The summed E-state index contributed by atoms with van der Waals surface area (Å²) in [4.78, 5) is 29.5. The van der Waals surface area contributed by atoms with Gasteiger partial charge in [0.05, 0.1) is 15.7 Å². The van der Waals surface area contributed by atoms with Gasteiger partial charge in [0.1, 0.15) is 6.54 Å². The van der Waals surface area contributed by atoms with Crippen LogP contribution < -0.4 is 10.2 Å². The number of aliphatic carboxylic acids is 1. The molecule has 162 valence electrons. The van der Waals surface area contributed by atoms with Gasteiger partial charge in [0, 0.05) is 29.6 Å². The summed E-state index contributed by atoms with van der Waals surface area (Å²) in [5, 5.41) is 14.9. The maximum absolute atomic E-state index is 12.0. The molecule has 0 bridgehead atoms. The Kier molecular flexibility index (Phi) is 7.90. The van der Waals surface area contributed by atoms with Crippen molar-refractivity contribution in [3.05, 3.63) is 69.0 Å². The highest BCUT2D eigenvalue weighted by Gasteiger charge is 2.14. The molecule has 1 amide bonds. The minimum Gasteiger partial charge on any atom is -0.480 e. The van der Waals surface area contributed by atoms with E-state index in [-0.39, 0.29) is 0 Å². The molecule has 31 heavy (non-hydrogen) atoms. The Morgan fingerprint density at radius 2 is 1.87 bits per heavy atom. The summed E-state index contributed by atoms with van der Waals surface area (Å²) in [6.07, 6.45) is 0.956. The van der Waals surface area contributed by atoms with E-state index in [1.54, 1.807) is 35.6 Å². The van der Waals surface area contributed by atoms with Crippen LogP contribution in [-0.2, 0) is 11.3 Å². The van der Waals surface area contributed by atoms with Crippen molar-refractivity contribution in [1.29, 1.82) is 0 Å². The van der Waals surface area contributed by atoms with Crippen LogP contribution in [0.1, 0.15) is 29.3 Å². The summed E-state index contributed by atoms with van der Waals surface area (Å²) in [7, 11) is 0. The fourth-order valence-electron chi connectivity index (χ4n) is 2.95. The van der Waals surface area contributed by atoms with Crippen LogP contribution in [0.25, 0.3) is 11.3 Å². The molecule has 0 saturated carbocycles. The maximum atomic E-state index is 12.0. The third-order valence-corrected chi connectivity index (χ3v) is 6.10. The zero-order chi connectivity index (χ0) is 22.4. The molecule has 2 aromatic carbocycles. The molecule has 9 heteroatoms. The zero-order valence-corrected chi connectivity index (χ0v) is 19.1. The zero-order valence-electron chi connectivity index (χ0n) is 16.8. The minimum atomic E-state index is -1.08. The van der Waals surface area contributed by atoms with Crippen LogP contribution in [0.3, 0.4) is 0 Å². The van der Waals surface area contributed by atoms with Crippen molar-refractivity contribution in [2.75, 3.05) is 18.0 Å². The highest BCUT2D eigenvalue weighted by molar-refractivity contribution is 7.14. The Morgan fingerprint density at radius 3 is 2.52 bits per heavy atom. The first-order chi connectivity index (χ1) is 14.9. The lowest BCUT2D eigenvalue weighted by atomic mass is 10.1. The van der Waals surface area contributed by atoms with Gasteiger partial charge < -0.3 is 15.3 Å². The smallest absolute Gasteiger partial charge is 0.322 e. The molecule has 0 aliphatic carbocycles. The summed E-state index contributed by atoms with van der Waals surface area (Å²) in [5.41, 5.74) is 3.19. The van der Waals surface area contributed by atoms with Crippen LogP contribution in [0.15, 0.2) is 47.8 Å². The summed E-state index contributed by atoms with van der Waals surface area (Å²) in [6.45, 7) is 3.17. The summed E-state index contributed by atoms with van der Waals surface area (Å²) in [5.74, 6) is -1.49. The third kappa shape index (κ3) is 6.19. The predicted octanol–water partition coefficient (Wildman–Crippen LogP) is 5.35. The van der Waals surface area contributed by atoms with E-state index in [0.717, 1.165) is 34.9 Å². The maximum Gasteiger partial charge on any atom is 0.322 e. The lowest BCUT2D eigenvalue weighted by Gasteiger charge is -2.21. The molecule has 0 atom stereocenters. The van der Waals surface area contributed by atoms with E-state index in [2.05, 4.69) is 17.1 Å². The molecule has 3 aromatic rings. The van der Waals surface area contributed by atoms with Crippen molar-refractivity contribution in [2.45, 2.75) is 19.9 Å². The van der Waals surface area contributed by atoms with E-state index >= 15 is 0 Å². The number of hydrogen-bond acceptors (Lipinski definition) is 5. The van der Waals surface area contributed by atoms with Crippen molar-refractivity contribution in [2.24, 2.45) is 0 Å². The molecule has 0 unspecified atom stereocenters. The van der Waals surface area contributed by atoms with Gasteiger partial charge in [-0.05, 0) is 36.2 Å². The summed E-state index contributed by atoms with van der Waals surface area (Å²) in [6, 6.07) is 12.6. The monoisotopic (exact) mass is 477 g/mol. The number of carboxylic acids is 1. The fraction of sp³-hybridized carbons (Fsp3) is 0.227. The molecule has 0 aliphatic rings. The molecule has 3 rings (SSSR count). The molecule has 0 spiro atoms. The first-order valence-electron chi connectivity index (χ1n) is 9.62. The van der Waals surface area contributed by atoms with E-state index < -0.39 is 18.4 Å². The number of anilines is 1. The van der Waals surface area contributed by atoms with Crippen LogP contribution in [0, 0.1) is 0 Å². The third-order valence-electron chi connectivity index (χ3n) is 4.46.